The van der Waals surface area contributed by atoms with E-state index in [-0.39, 0.29) is 11.7 Å². The molecule has 0 bridgehead atoms. The minimum Gasteiger partial charge on any atom is -0.300 e. The molecule has 1 amide bonds. The molecule has 1 N–H and O–H groups in total. The van der Waals surface area contributed by atoms with E-state index in [1.54, 1.807) is 12.1 Å². The molecule has 1 heterocycles. The van der Waals surface area contributed by atoms with Crippen LogP contribution in [0.5, 0.6) is 0 Å². The van der Waals surface area contributed by atoms with E-state index in [0.29, 0.717) is 17.3 Å². The lowest BCUT2D eigenvalue weighted by atomic mass is 10.1. The molecule has 7 heteroatoms. The number of nitrogens with one attached hydrogen (secondary N) is 1. The molecule has 0 saturated carbocycles. The highest BCUT2D eigenvalue weighted by molar-refractivity contribution is 8.00. The topological polar surface area (TPSA) is 54.9 Å². The maximum absolute atomic E-state index is 12.9. The highest BCUT2D eigenvalue weighted by Gasteiger charge is 2.09. The van der Waals surface area contributed by atoms with Crippen molar-refractivity contribution in [1.29, 1.82) is 0 Å². The summed E-state index contributed by atoms with van der Waals surface area (Å²) in [5.74, 6) is 0.308. The summed E-state index contributed by atoms with van der Waals surface area (Å²) in [7, 11) is 0. The number of benzene rings is 2. The Labute approximate surface area is 147 Å². The normalized spacial score (nSPS) is 10.5. The van der Waals surface area contributed by atoms with Crippen LogP contribution in [0.3, 0.4) is 0 Å². The maximum Gasteiger partial charge on any atom is 0.230 e. The van der Waals surface area contributed by atoms with Gasteiger partial charge in [0.15, 0.2) is 4.34 Å². The van der Waals surface area contributed by atoms with Gasteiger partial charge in [0.1, 0.15) is 5.82 Å². The standard InChI is InChI=1S/C17H14FN3OS2/c18-14-8-6-13(7-9-14)11-23-17-21-20-16(24-17)19-15(22)10-12-4-2-1-3-5-12/h1-9H,10-11H2,(H,19,20,22). The van der Waals surface area contributed by atoms with Gasteiger partial charge in [-0.05, 0) is 23.3 Å². The molecule has 1 aromatic heterocycles. The van der Waals surface area contributed by atoms with Crippen molar-refractivity contribution in [2.24, 2.45) is 0 Å². The monoisotopic (exact) mass is 359 g/mol. The smallest absolute Gasteiger partial charge is 0.230 e. The van der Waals surface area contributed by atoms with Crippen LogP contribution in [0, 0.1) is 5.82 Å². The molecule has 0 saturated heterocycles. The molecular weight excluding hydrogens is 345 g/mol. The van der Waals surface area contributed by atoms with Gasteiger partial charge in [-0.15, -0.1) is 10.2 Å². The van der Waals surface area contributed by atoms with E-state index in [9.17, 15) is 9.18 Å². The molecule has 3 aromatic rings. The first kappa shape index (κ1) is 16.6. The Hall–Kier alpha value is -2.25. The quantitative estimate of drug-likeness (QED) is 0.531. The Kier molecular flexibility index (Phi) is 5.55. The summed E-state index contributed by atoms with van der Waals surface area (Å²) < 4.78 is 13.6. The minimum absolute atomic E-state index is 0.118. The second-order valence-electron chi connectivity index (χ2n) is 5.00. The molecule has 0 fully saturated rings. The van der Waals surface area contributed by atoms with Crippen LogP contribution in [0.1, 0.15) is 11.1 Å². The third-order valence-corrected chi connectivity index (χ3v) is 5.18. The number of hydrogen-bond acceptors (Lipinski definition) is 5. The lowest BCUT2D eigenvalue weighted by molar-refractivity contribution is -0.115. The van der Waals surface area contributed by atoms with Crippen molar-refractivity contribution in [3.05, 3.63) is 71.5 Å². The molecule has 24 heavy (non-hydrogen) atoms. The van der Waals surface area contributed by atoms with Crippen LogP contribution in [-0.2, 0) is 17.0 Å². The molecule has 0 atom stereocenters. The Bertz CT molecular complexity index is 806. The minimum atomic E-state index is -0.247. The van der Waals surface area contributed by atoms with Gasteiger partial charge in [-0.25, -0.2) is 4.39 Å². The van der Waals surface area contributed by atoms with Gasteiger partial charge in [-0.3, -0.25) is 4.79 Å². The van der Waals surface area contributed by atoms with E-state index < -0.39 is 0 Å². The van der Waals surface area contributed by atoms with E-state index in [1.165, 1.54) is 35.2 Å². The zero-order valence-electron chi connectivity index (χ0n) is 12.6. The van der Waals surface area contributed by atoms with Crippen molar-refractivity contribution in [2.75, 3.05) is 5.32 Å². The average molecular weight is 359 g/mol. The summed E-state index contributed by atoms with van der Waals surface area (Å²) in [6.45, 7) is 0. The van der Waals surface area contributed by atoms with Crippen LogP contribution >= 0.6 is 23.1 Å². The Morgan fingerprint density at radius 1 is 1.04 bits per heavy atom. The van der Waals surface area contributed by atoms with Gasteiger partial charge in [-0.2, -0.15) is 0 Å². The first-order chi connectivity index (χ1) is 11.7. The second kappa shape index (κ2) is 8.03. The van der Waals surface area contributed by atoms with Gasteiger partial charge in [0.25, 0.3) is 0 Å². The van der Waals surface area contributed by atoms with Crippen LogP contribution in [-0.4, -0.2) is 16.1 Å². The summed E-state index contributed by atoms with van der Waals surface area (Å²) >= 11 is 2.83. The first-order valence-electron chi connectivity index (χ1n) is 7.23. The zero-order chi connectivity index (χ0) is 16.8. The van der Waals surface area contributed by atoms with Crippen molar-refractivity contribution < 1.29 is 9.18 Å². The molecule has 4 nitrogen and oxygen atoms in total. The number of carbonyl (C=O) groups excluding carboxylic acids is 1. The number of anilines is 1. The van der Waals surface area contributed by atoms with Crippen molar-refractivity contribution in [2.45, 2.75) is 16.5 Å². The molecule has 0 radical (unpaired) electrons. The lowest BCUT2D eigenvalue weighted by Crippen LogP contribution is -2.14. The summed E-state index contributed by atoms with van der Waals surface area (Å²) in [5.41, 5.74) is 1.96. The van der Waals surface area contributed by atoms with E-state index in [0.717, 1.165) is 15.5 Å². The van der Waals surface area contributed by atoms with Crippen LogP contribution in [0.4, 0.5) is 9.52 Å². The molecule has 122 valence electrons. The maximum atomic E-state index is 12.9. The summed E-state index contributed by atoms with van der Waals surface area (Å²) in [6, 6.07) is 15.9. The molecular formula is C17H14FN3OS2. The molecule has 0 aliphatic heterocycles. The number of halogens is 1. The summed E-state index contributed by atoms with van der Waals surface area (Å²) in [5, 5.41) is 11.3. The largest absolute Gasteiger partial charge is 0.300 e. The first-order valence-corrected chi connectivity index (χ1v) is 9.04. The Balaban J connectivity index is 1.51. The lowest BCUT2D eigenvalue weighted by Gasteiger charge is -2.00. The second-order valence-corrected chi connectivity index (χ2v) is 7.20. The SMILES string of the molecule is O=C(Cc1ccccc1)Nc1nnc(SCc2ccc(F)cc2)s1. The molecule has 0 spiro atoms. The van der Waals surface area contributed by atoms with E-state index >= 15 is 0 Å². The van der Waals surface area contributed by atoms with Crippen LogP contribution in [0.2, 0.25) is 0 Å². The third kappa shape index (κ3) is 4.87. The van der Waals surface area contributed by atoms with Gasteiger partial charge in [0.2, 0.25) is 11.0 Å². The van der Waals surface area contributed by atoms with Gasteiger partial charge < -0.3 is 5.32 Å². The number of amides is 1. The van der Waals surface area contributed by atoms with Gasteiger partial charge in [0.05, 0.1) is 6.42 Å². The predicted octanol–water partition coefficient (Wildman–Crippen LogP) is 4.15. The average Bonchev–Trinajstić information content (AvgIpc) is 3.02. The molecule has 0 aliphatic carbocycles. The highest BCUT2D eigenvalue weighted by Crippen LogP contribution is 2.28. The fourth-order valence-electron chi connectivity index (χ4n) is 1.99. The van der Waals surface area contributed by atoms with Crippen molar-refractivity contribution in [3.63, 3.8) is 0 Å². The van der Waals surface area contributed by atoms with E-state index in [2.05, 4.69) is 15.5 Å². The molecule has 0 unspecified atom stereocenters. The summed E-state index contributed by atoms with van der Waals surface area (Å²) in [6.07, 6.45) is 0.304. The third-order valence-electron chi connectivity index (χ3n) is 3.14. The van der Waals surface area contributed by atoms with Crippen molar-refractivity contribution in [1.82, 2.24) is 10.2 Å². The van der Waals surface area contributed by atoms with Gasteiger partial charge in [0, 0.05) is 5.75 Å². The van der Waals surface area contributed by atoms with E-state index in [1.807, 2.05) is 30.3 Å². The number of nitrogens with zero attached hydrogens (tertiary/aromatic N) is 2. The zero-order valence-corrected chi connectivity index (χ0v) is 14.2. The van der Waals surface area contributed by atoms with Crippen molar-refractivity contribution in [3.8, 4) is 0 Å². The number of rotatable bonds is 6. The molecule has 3 rings (SSSR count). The Morgan fingerprint density at radius 2 is 1.79 bits per heavy atom. The van der Waals surface area contributed by atoms with Gasteiger partial charge in [-0.1, -0.05) is 65.6 Å². The number of hydrogen-bond donors (Lipinski definition) is 1. The van der Waals surface area contributed by atoms with Crippen LogP contribution in [0.15, 0.2) is 58.9 Å². The fraction of sp³-hybridized carbons (Fsp3) is 0.118. The van der Waals surface area contributed by atoms with E-state index in [4.69, 9.17) is 0 Å². The molecule has 0 aliphatic rings. The fourth-order valence-corrected chi connectivity index (χ4v) is 3.71. The van der Waals surface area contributed by atoms with Gasteiger partial charge >= 0.3 is 0 Å². The number of thioether (sulfide) groups is 1. The van der Waals surface area contributed by atoms with Crippen molar-refractivity contribution >= 4 is 34.1 Å². The summed E-state index contributed by atoms with van der Waals surface area (Å²) in [4.78, 5) is 12.0. The highest BCUT2D eigenvalue weighted by atomic mass is 32.2. The Morgan fingerprint density at radius 3 is 2.54 bits per heavy atom. The van der Waals surface area contributed by atoms with Crippen LogP contribution in [0.25, 0.3) is 0 Å². The predicted molar refractivity (Wildman–Crippen MR) is 94.6 cm³/mol. The number of carbonyl (C=O) groups is 1. The molecule has 2 aromatic carbocycles. The number of aromatic nitrogens is 2. The van der Waals surface area contributed by atoms with Crippen LogP contribution < -0.4 is 5.32 Å².